The molecule has 3 rings (SSSR count). The zero-order valence-corrected chi connectivity index (χ0v) is 17.8. The molecule has 3 aromatic carbocycles. The van der Waals surface area contributed by atoms with Crippen LogP contribution in [-0.2, 0) is 4.79 Å². The van der Waals surface area contributed by atoms with E-state index in [-0.39, 0.29) is 28.2 Å². The van der Waals surface area contributed by atoms with E-state index >= 15 is 0 Å². The Morgan fingerprint density at radius 1 is 0.971 bits per heavy atom. The maximum Gasteiger partial charge on any atom is 0.335 e. The van der Waals surface area contributed by atoms with Crippen LogP contribution in [0.15, 0.2) is 78.5 Å². The van der Waals surface area contributed by atoms with E-state index in [1.165, 1.54) is 73.8 Å². The summed E-state index contributed by atoms with van der Waals surface area (Å²) in [6.45, 7) is 0. The number of non-ortho nitro benzene ring substituents is 1. The predicted molar refractivity (Wildman–Crippen MR) is 124 cm³/mol. The fourth-order valence-electron chi connectivity index (χ4n) is 2.92. The number of amides is 2. The number of nitrogens with zero attached hydrogens (tertiary/aromatic N) is 1. The van der Waals surface area contributed by atoms with Gasteiger partial charge in [0.25, 0.3) is 17.5 Å². The van der Waals surface area contributed by atoms with Gasteiger partial charge in [0.2, 0.25) is 0 Å². The van der Waals surface area contributed by atoms with Crippen LogP contribution in [0.5, 0.6) is 5.75 Å². The van der Waals surface area contributed by atoms with Crippen LogP contribution in [0, 0.1) is 10.1 Å². The van der Waals surface area contributed by atoms with Gasteiger partial charge in [-0.1, -0.05) is 18.2 Å². The van der Waals surface area contributed by atoms with Gasteiger partial charge in [-0.05, 0) is 54.1 Å². The number of rotatable bonds is 8. The van der Waals surface area contributed by atoms with Crippen molar-refractivity contribution in [3.63, 3.8) is 0 Å². The van der Waals surface area contributed by atoms with E-state index in [9.17, 15) is 24.5 Å². The Labute approximate surface area is 193 Å². The Kier molecular flexibility index (Phi) is 7.34. The van der Waals surface area contributed by atoms with E-state index in [1.807, 2.05) is 0 Å². The molecule has 10 heteroatoms. The second-order valence-corrected chi connectivity index (χ2v) is 6.93. The molecule has 0 radical (unpaired) electrons. The van der Waals surface area contributed by atoms with Gasteiger partial charge in [0.05, 0.1) is 17.6 Å². The number of anilines is 1. The molecule has 3 aromatic rings. The summed E-state index contributed by atoms with van der Waals surface area (Å²) in [5.74, 6) is -1.99. The predicted octanol–water partition coefficient (Wildman–Crippen LogP) is 3.71. The Morgan fingerprint density at radius 2 is 1.68 bits per heavy atom. The van der Waals surface area contributed by atoms with Gasteiger partial charge in [0, 0.05) is 23.4 Å². The maximum atomic E-state index is 13.0. The number of carbonyl (C=O) groups is 3. The van der Waals surface area contributed by atoms with E-state index in [4.69, 9.17) is 9.84 Å². The monoisotopic (exact) mass is 461 g/mol. The number of nitro groups is 1. The second-order valence-electron chi connectivity index (χ2n) is 6.93. The normalized spacial score (nSPS) is 10.8. The minimum atomic E-state index is -1.17. The van der Waals surface area contributed by atoms with Crippen molar-refractivity contribution in [1.82, 2.24) is 5.32 Å². The molecular weight excluding hydrogens is 442 g/mol. The number of nitrogens with one attached hydrogen (secondary N) is 2. The highest BCUT2D eigenvalue weighted by Crippen LogP contribution is 2.18. The molecule has 0 bridgehead atoms. The van der Waals surface area contributed by atoms with Crippen LogP contribution >= 0.6 is 0 Å². The number of benzene rings is 3. The minimum Gasteiger partial charge on any atom is -0.497 e. The summed E-state index contributed by atoms with van der Waals surface area (Å²) in [6, 6.07) is 17.3. The molecule has 0 aliphatic heterocycles. The fourth-order valence-corrected chi connectivity index (χ4v) is 2.92. The van der Waals surface area contributed by atoms with Gasteiger partial charge in [-0.15, -0.1) is 0 Å². The van der Waals surface area contributed by atoms with Crippen LogP contribution in [0.25, 0.3) is 6.08 Å². The summed E-state index contributed by atoms with van der Waals surface area (Å²) in [7, 11) is 1.48. The van der Waals surface area contributed by atoms with Crippen molar-refractivity contribution in [3.05, 3.63) is 105 Å². The van der Waals surface area contributed by atoms with Crippen molar-refractivity contribution in [2.75, 3.05) is 12.4 Å². The summed E-state index contributed by atoms with van der Waals surface area (Å²) in [5.41, 5.74) is 0.295. The number of ether oxygens (including phenoxy) is 1. The van der Waals surface area contributed by atoms with Crippen LogP contribution < -0.4 is 15.4 Å². The zero-order valence-electron chi connectivity index (χ0n) is 17.8. The summed E-state index contributed by atoms with van der Waals surface area (Å²) in [4.78, 5) is 47.5. The molecule has 0 saturated heterocycles. The molecule has 0 unspecified atom stereocenters. The quantitative estimate of drug-likeness (QED) is 0.263. The summed E-state index contributed by atoms with van der Waals surface area (Å²) >= 11 is 0. The van der Waals surface area contributed by atoms with Crippen LogP contribution in [-0.4, -0.2) is 34.9 Å². The third kappa shape index (κ3) is 6.04. The molecule has 10 nitrogen and oxygen atoms in total. The molecule has 3 N–H and O–H groups in total. The number of aromatic carboxylic acids is 1. The lowest BCUT2D eigenvalue weighted by molar-refractivity contribution is -0.384. The topological polar surface area (TPSA) is 148 Å². The average Bonchev–Trinajstić information content (AvgIpc) is 2.84. The molecule has 0 heterocycles. The smallest absolute Gasteiger partial charge is 0.335 e. The molecule has 0 atom stereocenters. The van der Waals surface area contributed by atoms with Gasteiger partial charge in [0.15, 0.2) is 0 Å². The van der Waals surface area contributed by atoms with E-state index in [1.54, 1.807) is 12.1 Å². The van der Waals surface area contributed by atoms with Gasteiger partial charge in [-0.3, -0.25) is 19.7 Å². The Bertz CT molecular complexity index is 1280. The van der Waals surface area contributed by atoms with Crippen LogP contribution in [0.2, 0.25) is 0 Å². The van der Waals surface area contributed by atoms with Crippen molar-refractivity contribution >= 4 is 35.2 Å². The van der Waals surface area contributed by atoms with Gasteiger partial charge in [0.1, 0.15) is 11.4 Å². The molecule has 172 valence electrons. The van der Waals surface area contributed by atoms with Crippen molar-refractivity contribution in [1.29, 1.82) is 0 Å². The van der Waals surface area contributed by atoms with E-state index in [0.717, 1.165) is 0 Å². The van der Waals surface area contributed by atoms with Crippen LogP contribution in [0.3, 0.4) is 0 Å². The average molecular weight is 461 g/mol. The minimum absolute atomic E-state index is 0.0377. The highest BCUT2D eigenvalue weighted by atomic mass is 16.6. The third-order valence-corrected chi connectivity index (χ3v) is 4.60. The molecule has 0 aromatic heterocycles. The SMILES string of the molecule is COc1ccc(C(=O)N/C(=C/c2cccc([N+](=O)[O-])c2)C(=O)Nc2cccc(C(=O)O)c2)cc1. The first kappa shape index (κ1) is 23.7. The summed E-state index contributed by atoms with van der Waals surface area (Å²) in [6.07, 6.45) is 1.28. The standard InChI is InChI=1S/C24H19N3O7/c1-34-20-10-8-16(9-11-20)22(28)26-21(13-15-4-2-7-19(12-15)27(32)33)23(29)25-18-6-3-5-17(14-18)24(30)31/h2-14H,1H3,(H,25,29)(H,26,28)(H,30,31)/b21-13+. The molecule has 0 fully saturated rings. The number of hydrogen-bond acceptors (Lipinski definition) is 6. The lowest BCUT2D eigenvalue weighted by atomic mass is 10.1. The van der Waals surface area contributed by atoms with Crippen LogP contribution in [0.4, 0.5) is 11.4 Å². The molecule has 34 heavy (non-hydrogen) atoms. The van der Waals surface area contributed by atoms with Crippen molar-refractivity contribution < 1.29 is 29.2 Å². The van der Waals surface area contributed by atoms with Crippen molar-refractivity contribution in [2.24, 2.45) is 0 Å². The fraction of sp³-hybridized carbons (Fsp3) is 0.0417. The van der Waals surface area contributed by atoms with E-state index in [2.05, 4.69) is 10.6 Å². The van der Waals surface area contributed by atoms with Crippen LogP contribution in [0.1, 0.15) is 26.3 Å². The second kappa shape index (κ2) is 10.6. The molecule has 0 spiro atoms. The van der Waals surface area contributed by atoms with Crippen molar-refractivity contribution in [2.45, 2.75) is 0 Å². The first-order chi connectivity index (χ1) is 16.3. The van der Waals surface area contributed by atoms with Gasteiger partial charge in [-0.2, -0.15) is 0 Å². The number of carbonyl (C=O) groups excluding carboxylic acids is 2. The largest absolute Gasteiger partial charge is 0.497 e. The molecule has 2 amide bonds. The molecule has 0 aliphatic carbocycles. The zero-order chi connectivity index (χ0) is 24.7. The van der Waals surface area contributed by atoms with Crippen molar-refractivity contribution in [3.8, 4) is 5.75 Å². The van der Waals surface area contributed by atoms with Gasteiger partial charge in [-0.25, -0.2) is 4.79 Å². The lowest BCUT2D eigenvalue weighted by Crippen LogP contribution is -2.30. The molecule has 0 aliphatic rings. The molecule has 0 saturated carbocycles. The third-order valence-electron chi connectivity index (χ3n) is 4.60. The number of nitro benzene ring substituents is 1. The lowest BCUT2D eigenvalue weighted by Gasteiger charge is -2.12. The highest BCUT2D eigenvalue weighted by molar-refractivity contribution is 6.11. The maximum absolute atomic E-state index is 13.0. The Balaban J connectivity index is 1.93. The molecular formula is C24H19N3O7. The first-order valence-corrected chi connectivity index (χ1v) is 9.83. The Morgan fingerprint density at radius 3 is 2.32 bits per heavy atom. The summed E-state index contributed by atoms with van der Waals surface area (Å²) < 4.78 is 5.07. The Hall–Kier alpha value is -4.99. The number of methoxy groups -OCH3 is 1. The number of carboxylic acids is 1. The highest BCUT2D eigenvalue weighted by Gasteiger charge is 2.17. The van der Waals surface area contributed by atoms with Gasteiger partial charge < -0.3 is 20.5 Å². The number of carboxylic acid groups (broad SMARTS) is 1. The summed E-state index contributed by atoms with van der Waals surface area (Å²) in [5, 5.41) is 25.3. The van der Waals surface area contributed by atoms with Gasteiger partial charge >= 0.3 is 5.97 Å². The number of hydrogen-bond donors (Lipinski definition) is 3. The first-order valence-electron chi connectivity index (χ1n) is 9.83. The van der Waals surface area contributed by atoms with E-state index < -0.39 is 22.7 Å². The van der Waals surface area contributed by atoms with E-state index in [0.29, 0.717) is 11.3 Å².